The Labute approximate surface area is 112 Å². The van der Waals surface area contributed by atoms with Gasteiger partial charge in [0.1, 0.15) is 0 Å². The number of primary sulfonamides is 1. The summed E-state index contributed by atoms with van der Waals surface area (Å²) in [6.45, 7) is 0.401. The van der Waals surface area contributed by atoms with E-state index in [0.717, 1.165) is 0 Å². The van der Waals surface area contributed by atoms with E-state index in [9.17, 15) is 13.2 Å². The second-order valence-electron chi connectivity index (χ2n) is 4.03. The second-order valence-corrected chi connectivity index (χ2v) is 5.76. The van der Waals surface area contributed by atoms with Crippen LogP contribution in [-0.4, -0.2) is 33.7 Å². The summed E-state index contributed by atoms with van der Waals surface area (Å²) in [7, 11) is -1.91. The van der Waals surface area contributed by atoms with E-state index >= 15 is 0 Å². The Morgan fingerprint density at radius 3 is 2.63 bits per heavy atom. The third-order valence-corrected chi connectivity index (χ3v) is 3.32. The maximum atomic E-state index is 11.5. The highest BCUT2D eigenvalue weighted by molar-refractivity contribution is 7.89. The molecule has 0 unspecified atom stereocenters. The van der Waals surface area contributed by atoms with Crippen LogP contribution in [0.5, 0.6) is 0 Å². The van der Waals surface area contributed by atoms with Gasteiger partial charge in [0, 0.05) is 19.2 Å². The van der Waals surface area contributed by atoms with Crippen molar-refractivity contribution in [3.8, 4) is 0 Å². The van der Waals surface area contributed by atoms with E-state index in [-0.39, 0.29) is 11.7 Å². The smallest absolute Gasteiger partial charge is 0.251 e. The van der Waals surface area contributed by atoms with Gasteiger partial charge < -0.3 is 16.4 Å². The van der Waals surface area contributed by atoms with Crippen molar-refractivity contribution in [3.63, 3.8) is 0 Å². The molecule has 0 radical (unpaired) electrons. The SMILES string of the molecule is CNC(=O)c1ccc(N)c(NCCCS(N)(=O)=O)c1. The Morgan fingerprint density at radius 2 is 2.05 bits per heavy atom. The predicted molar refractivity (Wildman–Crippen MR) is 75.3 cm³/mol. The quantitative estimate of drug-likeness (QED) is 0.422. The molecule has 0 atom stereocenters. The molecule has 0 aromatic heterocycles. The van der Waals surface area contributed by atoms with E-state index in [0.29, 0.717) is 29.9 Å². The predicted octanol–water partition coefficient (Wildman–Crippen LogP) is -0.281. The van der Waals surface area contributed by atoms with Crippen LogP contribution in [0.3, 0.4) is 0 Å². The molecule has 0 heterocycles. The first-order chi connectivity index (χ1) is 8.83. The average Bonchev–Trinajstić information content (AvgIpc) is 2.34. The van der Waals surface area contributed by atoms with Crippen LogP contribution < -0.4 is 21.5 Å². The lowest BCUT2D eigenvalue weighted by Crippen LogP contribution is -2.19. The highest BCUT2D eigenvalue weighted by Crippen LogP contribution is 2.19. The molecule has 0 saturated carbocycles. The molecule has 0 aliphatic heterocycles. The normalized spacial score (nSPS) is 11.1. The van der Waals surface area contributed by atoms with E-state index < -0.39 is 10.0 Å². The molecule has 1 rings (SSSR count). The van der Waals surface area contributed by atoms with Crippen molar-refractivity contribution in [1.82, 2.24) is 5.32 Å². The number of anilines is 2. The number of carbonyl (C=O) groups excluding carboxylic acids is 1. The van der Waals surface area contributed by atoms with Crippen molar-refractivity contribution < 1.29 is 13.2 Å². The van der Waals surface area contributed by atoms with Gasteiger partial charge >= 0.3 is 0 Å². The zero-order valence-corrected chi connectivity index (χ0v) is 11.5. The summed E-state index contributed by atoms with van der Waals surface area (Å²) < 4.78 is 21.5. The molecule has 0 aliphatic carbocycles. The summed E-state index contributed by atoms with van der Waals surface area (Å²) in [6.07, 6.45) is 0.364. The first-order valence-electron chi connectivity index (χ1n) is 5.69. The minimum Gasteiger partial charge on any atom is -0.397 e. The Balaban J connectivity index is 2.65. The second kappa shape index (κ2) is 6.39. The van der Waals surface area contributed by atoms with E-state index in [1.54, 1.807) is 18.2 Å². The van der Waals surface area contributed by atoms with Crippen LogP contribution in [0.15, 0.2) is 18.2 Å². The fourth-order valence-electron chi connectivity index (χ4n) is 1.49. The number of rotatable bonds is 6. The van der Waals surface area contributed by atoms with Crippen LogP contribution in [-0.2, 0) is 10.0 Å². The van der Waals surface area contributed by atoms with E-state index in [2.05, 4.69) is 10.6 Å². The third kappa shape index (κ3) is 5.14. The van der Waals surface area contributed by atoms with Crippen LogP contribution >= 0.6 is 0 Å². The Kier molecular flexibility index (Phi) is 5.13. The van der Waals surface area contributed by atoms with Gasteiger partial charge in [-0.15, -0.1) is 0 Å². The number of benzene rings is 1. The van der Waals surface area contributed by atoms with Crippen LogP contribution in [0.25, 0.3) is 0 Å². The third-order valence-electron chi connectivity index (χ3n) is 2.46. The molecule has 8 heteroatoms. The molecular weight excluding hydrogens is 268 g/mol. The van der Waals surface area contributed by atoms with Gasteiger partial charge in [-0.3, -0.25) is 4.79 Å². The number of carbonyl (C=O) groups is 1. The van der Waals surface area contributed by atoms with Gasteiger partial charge in [-0.1, -0.05) is 0 Å². The number of hydrogen-bond donors (Lipinski definition) is 4. The number of nitrogens with two attached hydrogens (primary N) is 2. The molecule has 7 nitrogen and oxygen atoms in total. The first kappa shape index (κ1) is 15.3. The van der Waals surface area contributed by atoms with Crippen molar-refractivity contribution in [1.29, 1.82) is 0 Å². The molecule has 106 valence electrons. The fraction of sp³-hybridized carbons (Fsp3) is 0.364. The van der Waals surface area contributed by atoms with Gasteiger partial charge in [0.2, 0.25) is 10.0 Å². The topological polar surface area (TPSA) is 127 Å². The summed E-state index contributed by atoms with van der Waals surface area (Å²) in [5.74, 6) is -0.317. The van der Waals surface area contributed by atoms with E-state index in [1.165, 1.54) is 7.05 Å². The van der Waals surface area contributed by atoms with Crippen LogP contribution in [0.4, 0.5) is 11.4 Å². The van der Waals surface area contributed by atoms with Gasteiger partial charge in [-0.25, -0.2) is 13.6 Å². The summed E-state index contributed by atoms with van der Waals surface area (Å²) in [5, 5.41) is 10.4. The van der Waals surface area contributed by atoms with Gasteiger partial charge in [-0.2, -0.15) is 0 Å². The summed E-state index contributed by atoms with van der Waals surface area (Å²) in [4.78, 5) is 11.5. The van der Waals surface area contributed by atoms with Gasteiger partial charge in [-0.05, 0) is 24.6 Å². The first-order valence-corrected chi connectivity index (χ1v) is 7.41. The maximum Gasteiger partial charge on any atom is 0.251 e. The molecule has 0 saturated heterocycles. The fourth-order valence-corrected chi connectivity index (χ4v) is 2.04. The average molecular weight is 286 g/mol. The summed E-state index contributed by atoms with van der Waals surface area (Å²) in [6, 6.07) is 4.85. The van der Waals surface area contributed by atoms with Crippen molar-refractivity contribution >= 4 is 27.3 Å². The number of amides is 1. The van der Waals surface area contributed by atoms with Crippen LogP contribution in [0, 0.1) is 0 Å². The van der Waals surface area contributed by atoms with Crippen molar-refractivity contribution in [2.24, 2.45) is 5.14 Å². The lowest BCUT2D eigenvalue weighted by atomic mass is 10.1. The highest BCUT2D eigenvalue weighted by Gasteiger charge is 2.07. The Bertz CT molecular complexity index is 557. The number of nitrogen functional groups attached to an aromatic ring is 1. The number of hydrogen-bond acceptors (Lipinski definition) is 5. The summed E-state index contributed by atoms with van der Waals surface area (Å²) in [5.41, 5.74) is 7.32. The monoisotopic (exact) mass is 286 g/mol. The summed E-state index contributed by atoms with van der Waals surface area (Å²) >= 11 is 0. The van der Waals surface area contributed by atoms with Gasteiger partial charge in [0.25, 0.3) is 5.91 Å². The Morgan fingerprint density at radius 1 is 1.37 bits per heavy atom. The minimum absolute atomic E-state index is 0.102. The highest BCUT2D eigenvalue weighted by atomic mass is 32.2. The molecule has 6 N–H and O–H groups in total. The van der Waals surface area contributed by atoms with Gasteiger partial charge in [0.15, 0.2) is 0 Å². The standard InChI is InChI=1S/C11H18N4O3S/c1-14-11(16)8-3-4-9(12)10(7-8)15-5-2-6-19(13,17)18/h3-4,7,15H,2,5-6,12H2,1H3,(H,14,16)(H2,13,17,18). The number of nitrogens with one attached hydrogen (secondary N) is 2. The van der Waals surface area contributed by atoms with Gasteiger partial charge in [0.05, 0.1) is 17.1 Å². The molecular formula is C11H18N4O3S. The van der Waals surface area contributed by atoms with Crippen molar-refractivity contribution in [3.05, 3.63) is 23.8 Å². The van der Waals surface area contributed by atoms with E-state index in [4.69, 9.17) is 10.9 Å². The zero-order valence-electron chi connectivity index (χ0n) is 10.6. The molecule has 0 fully saturated rings. The molecule has 19 heavy (non-hydrogen) atoms. The van der Waals surface area contributed by atoms with Crippen LogP contribution in [0.2, 0.25) is 0 Å². The van der Waals surface area contributed by atoms with Crippen molar-refractivity contribution in [2.75, 3.05) is 30.4 Å². The molecule has 0 bridgehead atoms. The molecule has 0 spiro atoms. The maximum absolute atomic E-state index is 11.5. The van der Waals surface area contributed by atoms with Crippen molar-refractivity contribution in [2.45, 2.75) is 6.42 Å². The lowest BCUT2D eigenvalue weighted by molar-refractivity contribution is 0.0963. The Hall–Kier alpha value is -1.80. The minimum atomic E-state index is -3.45. The molecule has 1 aromatic carbocycles. The molecule has 0 aliphatic rings. The van der Waals surface area contributed by atoms with E-state index in [1.807, 2.05) is 0 Å². The lowest BCUT2D eigenvalue weighted by Gasteiger charge is -2.10. The zero-order chi connectivity index (χ0) is 14.5. The molecule has 1 aromatic rings. The molecule has 1 amide bonds. The largest absolute Gasteiger partial charge is 0.397 e. The number of sulfonamides is 1. The van der Waals surface area contributed by atoms with Crippen LogP contribution in [0.1, 0.15) is 16.8 Å².